The molecular weight excluding hydrogens is 474 g/mol. The number of aromatic nitrogens is 2. The number of halogens is 4. The van der Waals surface area contributed by atoms with Gasteiger partial charge in [-0.2, -0.15) is 5.10 Å². The van der Waals surface area contributed by atoms with Crippen LogP contribution in [0.15, 0.2) is 67.0 Å². The number of rotatable bonds is 8. The van der Waals surface area contributed by atoms with Crippen LogP contribution in [0.5, 0.6) is 5.75 Å². The number of anilines is 1. The number of nitrogens with one attached hydrogen (secondary N) is 1. The molecule has 0 saturated carbocycles. The molecule has 0 bridgehead atoms. The lowest BCUT2D eigenvalue weighted by Crippen LogP contribution is -2.12. The average Bonchev–Trinajstić information content (AvgIpc) is 3.31. The topological polar surface area (TPSA) is 56.1 Å². The van der Waals surface area contributed by atoms with Crippen molar-refractivity contribution in [1.82, 2.24) is 9.78 Å². The van der Waals surface area contributed by atoms with Gasteiger partial charge in [0.05, 0.1) is 18.4 Å². The fraction of sp³-hybridized carbons (Fsp3) is 0.185. The number of carbonyl (C=O) groups excluding carboxylic acids is 1. The molecule has 0 aliphatic carbocycles. The second kappa shape index (κ2) is 10.6. The summed E-state index contributed by atoms with van der Waals surface area (Å²) in [5.41, 5.74) is 1.95. The first-order valence-corrected chi connectivity index (χ1v) is 11.2. The van der Waals surface area contributed by atoms with Crippen LogP contribution in [-0.2, 0) is 13.2 Å². The monoisotopic (exact) mass is 497 g/mol. The van der Waals surface area contributed by atoms with Gasteiger partial charge in [0.2, 0.25) is 0 Å². The minimum absolute atomic E-state index is 0.260. The predicted molar refractivity (Wildman–Crippen MR) is 127 cm³/mol. The van der Waals surface area contributed by atoms with Crippen LogP contribution >= 0.6 is 0 Å². The van der Waals surface area contributed by atoms with E-state index in [2.05, 4.69) is 24.3 Å². The number of carbonyl (C=O) groups is 1. The van der Waals surface area contributed by atoms with Crippen molar-refractivity contribution in [3.05, 3.63) is 113 Å². The maximum absolute atomic E-state index is 13.9. The first-order chi connectivity index (χ1) is 17.2. The molecule has 0 unspecified atom stereocenters. The van der Waals surface area contributed by atoms with Crippen LogP contribution in [0.4, 0.5) is 23.2 Å². The molecule has 1 amide bonds. The van der Waals surface area contributed by atoms with Gasteiger partial charge in [-0.25, -0.2) is 17.6 Å². The quantitative estimate of drug-likeness (QED) is 0.173. The molecular formula is C27H23F4N3O2. The Hall–Kier alpha value is -4.14. The van der Waals surface area contributed by atoms with Crippen molar-refractivity contribution in [2.75, 3.05) is 5.32 Å². The van der Waals surface area contributed by atoms with Crippen LogP contribution in [0.25, 0.3) is 0 Å². The Morgan fingerprint density at radius 2 is 1.75 bits per heavy atom. The van der Waals surface area contributed by atoms with E-state index in [0.29, 0.717) is 11.5 Å². The molecule has 9 heteroatoms. The van der Waals surface area contributed by atoms with E-state index in [4.69, 9.17) is 4.74 Å². The minimum Gasteiger partial charge on any atom is -0.489 e. The maximum Gasteiger partial charge on any atom is 0.255 e. The summed E-state index contributed by atoms with van der Waals surface area (Å²) in [4.78, 5) is 12.7. The Morgan fingerprint density at radius 1 is 1.00 bits per heavy atom. The van der Waals surface area contributed by atoms with E-state index in [1.807, 2.05) is 30.3 Å². The second-order valence-electron chi connectivity index (χ2n) is 8.54. The molecule has 0 radical (unpaired) electrons. The van der Waals surface area contributed by atoms with Gasteiger partial charge < -0.3 is 10.1 Å². The normalized spacial score (nSPS) is 11.1. The molecule has 3 aromatic carbocycles. The van der Waals surface area contributed by atoms with Gasteiger partial charge >= 0.3 is 0 Å². The standard InChI is InChI=1S/C27H23F4N3O2/c1-16(2)18-6-8-21(9-7-18)36-15-17-4-3-5-19(10-17)27(35)33-20-12-32-34(13-20)14-22-23(28)11-24(29)26(31)25(22)30/h3-13,16H,14-15H2,1-2H3,(H,33,35). The number of benzene rings is 3. The zero-order chi connectivity index (χ0) is 25.8. The van der Waals surface area contributed by atoms with Crippen molar-refractivity contribution >= 4 is 11.6 Å². The largest absolute Gasteiger partial charge is 0.489 e. The van der Waals surface area contributed by atoms with E-state index in [1.54, 1.807) is 18.2 Å². The van der Waals surface area contributed by atoms with E-state index in [-0.39, 0.29) is 18.4 Å². The Bertz CT molecular complexity index is 1380. The van der Waals surface area contributed by atoms with E-state index in [0.717, 1.165) is 16.0 Å². The molecule has 0 fully saturated rings. The minimum atomic E-state index is -1.76. The van der Waals surface area contributed by atoms with E-state index in [1.165, 1.54) is 18.0 Å². The summed E-state index contributed by atoms with van der Waals surface area (Å²) in [5.74, 6) is -5.51. The predicted octanol–water partition coefficient (Wildman–Crippen LogP) is 6.44. The van der Waals surface area contributed by atoms with Crippen LogP contribution in [0, 0.1) is 23.3 Å². The molecule has 5 nitrogen and oxygen atoms in total. The highest BCUT2D eigenvalue weighted by Crippen LogP contribution is 2.22. The van der Waals surface area contributed by atoms with Gasteiger partial charge in [0.1, 0.15) is 18.2 Å². The summed E-state index contributed by atoms with van der Waals surface area (Å²) >= 11 is 0. The summed E-state index contributed by atoms with van der Waals surface area (Å²) in [6, 6.07) is 15.0. The van der Waals surface area contributed by atoms with Crippen molar-refractivity contribution in [1.29, 1.82) is 0 Å². The van der Waals surface area contributed by atoms with E-state index >= 15 is 0 Å². The number of nitrogens with zero attached hydrogens (tertiary/aromatic N) is 2. The van der Waals surface area contributed by atoms with Gasteiger partial charge in [0, 0.05) is 23.4 Å². The Morgan fingerprint density at radius 3 is 2.47 bits per heavy atom. The molecule has 4 rings (SSSR count). The highest BCUT2D eigenvalue weighted by molar-refractivity contribution is 6.04. The fourth-order valence-corrected chi connectivity index (χ4v) is 3.55. The van der Waals surface area contributed by atoms with Gasteiger partial charge in [-0.1, -0.05) is 38.1 Å². The molecule has 1 N–H and O–H groups in total. The number of ether oxygens (including phenoxy) is 1. The van der Waals surface area contributed by atoms with E-state index < -0.39 is 41.3 Å². The summed E-state index contributed by atoms with van der Waals surface area (Å²) in [6.07, 6.45) is 2.60. The second-order valence-corrected chi connectivity index (χ2v) is 8.54. The van der Waals surface area contributed by atoms with Crippen LogP contribution in [-0.4, -0.2) is 15.7 Å². The van der Waals surface area contributed by atoms with Crippen molar-refractivity contribution in [3.8, 4) is 5.75 Å². The lowest BCUT2D eigenvalue weighted by Gasteiger charge is -2.10. The summed E-state index contributed by atoms with van der Waals surface area (Å²) < 4.78 is 61.3. The van der Waals surface area contributed by atoms with Gasteiger partial charge in [-0.15, -0.1) is 0 Å². The number of hydrogen-bond donors (Lipinski definition) is 1. The summed E-state index contributed by atoms with van der Waals surface area (Å²) in [5, 5.41) is 6.57. The van der Waals surface area contributed by atoms with Crippen LogP contribution in [0.3, 0.4) is 0 Å². The third kappa shape index (κ3) is 5.73. The third-order valence-electron chi connectivity index (χ3n) is 5.56. The molecule has 1 aromatic heterocycles. The highest BCUT2D eigenvalue weighted by atomic mass is 19.2. The zero-order valence-corrected chi connectivity index (χ0v) is 19.6. The number of hydrogen-bond acceptors (Lipinski definition) is 3. The molecule has 0 aliphatic heterocycles. The van der Waals surface area contributed by atoms with Crippen molar-refractivity contribution in [3.63, 3.8) is 0 Å². The van der Waals surface area contributed by atoms with Gasteiger partial charge in [0.25, 0.3) is 5.91 Å². The Labute approximate surface area is 205 Å². The summed E-state index contributed by atoms with van der Waals surface area (Å²) in [7, 11) is 0. The average molecular weight is 497 g/mol. The molecule has 0 spiro atoms. The smallest absolute Gasteiger partial charge is 0.255 e. The molecule has 4 aromatic rings. The SMILES string of the molecule is CC(C)c1ccc(OCc2cccc(C(=O)Nc3cnn(Cc4c(F)cc(F)c(F)c4F)c3)c2)cc1. The lowest BCUT2D eigenvalue weighted by molar-refractivity contribution is 0.102. The third-order valence-corrected chi connectivity index (χ3v) is 5.56. The van der Waals surface area contributed by atoms with E-state index in [9.17, 15) is 22.4 Å². The maximum atomic E-state index is 13.9. The molecule has 1 heterocycles. The van der Waals surface area contributed by atoms with Crippen LogP contribution in [0.1, 0.15) is 46.8 Å². The molecule has 0 aliphatic rings. The van der Waals surface area contributed by atoms with Crippen LogP contribution < -0.4 is 10.1 Å². The number of amides is 1. The lowest BCUT2D eigenvalue weighted by atomic mass is 10.0. The first-order valence-electron chi connectivity index (χ1n) is 11.2. The van der Waals surface area contributed by atoms with Gasteiger partial charge in [0.15, 0.2) is 17.5 Å². The molecule has 36 heavy (non-hydrogen) atoms. The highest BCUT2D eigenvalue weighted by Gasteiger charge is 2.19. The zero-order valence-electron chi connectivity index (χ0n) is 19.6. The Balaban J connectivity index is 1.39. The Kier molecular flexibility index (Phi) is 7.38. The van der Waals surface area contributed by atoms with Gasteiger partial charge in [-0.05, 0) is 41.3 Å². The fourth-order valence-electron chi connectivity index (χ4n) is 3.55. The van der Waals surface area contributed by atoms with Crippen molar-refractivity contribution in [2.24, 2.45) is 0 Å². The first kappa shape index (κ1) is 25.0. The molecule has 0 atom stereocenters. The van der Waals surface area contributed by atoms with Crippen molar-refractivity contribution < 1.29 is 27.1 Å². The van der Waals surface area contributed by atoms with Gasteiger partial charge in [-0.3, -0.25) is 9.48 Å². The van der Waals surface area contributed by atoms with Crippen molar-refractivity contribution in [2.45, 2.75) is 32.9 Å². The van der Waals surface area contributed by atoms with Crippen LogP contribution in [0.2, 0.25) is 0 Å². The molecule has 0 saturated heterocycles. The molecule has 186 valence electrons. The summed E-state index contributed by atoms with van der Waals surface area (Å²) in [6.45, 7) is 4.01.